The molecule has 56 valence electrons. The molecule has 0 aromatic heterocycles. The van der Waals surface area contributed by atoms with Gasteiger partial charge in [0, 0.05) is 12.5 Å². The molecular weight excluding hydrogens is 131 g/mol. The largest absolute Gasteiger partial charge is 0.508 e. The SMILES string of the molecule is CCC1=C(O)C=C(F)CC1. The van der Waals surface area contributed by atoms with Gasteiger partial charge in [0.2, 0.25) is 0 Å². The van der Waals surface area contributed by atoms with Crippen LogP contribution in [0.3, 0.4) is 0 Å². The Hall–Kier alpha value is -0.790. The molecule has 0 unspecified atom stereocenters. The Morgan fingerprint density at radius 3 is 2.80 bits per heavy atom. The lowest BCUT2D eigenvalue weighted by Crippen LogP contribution is -1.95. The summed E-state index contributed by atoms with van der Waals surface area (Å²) >= 11 is 0. The summed E-state index contributed by atoms with van der Waals surface area (Å²) in [5.74, 6) is -0.0825. The van der Waals surface area contributed by atoms with Gasteiger partial charge in [-0.25, -0.2) is 4.39 Å². The predicted molar refractivity (Wildman–Crippen MR) is 38.4 cm³/mol. The molecule has 0 atom stereocenters. The van der Waals surface area contributed by atoms with E-state index in [2.05, 4.69) is 0 Å². The summed E-state index contributed by atoms with van der Waals surface area (Å²) in [4.78, 5) is 0. The molecule has 0 spiro atoms. The van der Waals surface area contributed by atoms with Crippen molar-refractivity contribution in [2.45, 2.75) is 26.2 Å². The molecule has 0 fully saturated rings. The van der Waals surface area contributed by atoms with Crippen molar-refractivity contribution in [2.75, 3.05) is 0 Å². The Morgan fingerprint density at radius 2 is 2.30 bits per heavy atom. The number of aliphatic hydroxyl groups is 1. The fraction of sp³-hybridized carbons (Fsp3) is 0.500. The minimum absolute atomic E-state index is 0.131. The molecule has 0 amide bonds. The zero-order chi connectivity index (χ0) is 7.56. The highest BCUT2D eigenvalue weighted by atomic mass is 19.1. The van der Waals surface area contributed by atoms with E-state index in [0.717, 1.165) is 12.0 Å². The van der Waals surface area contributed by atoms with Crippen molar-refractivity contribution in [1.29, 1.82) is 0 Å². The number of allylic oxidation sites excluding steroid dienone is 3. The predicted octanol–water partition coefficient (Wildman–Crippen LogP) is 2.86. The number of rotatable bonds is 1. The lowest BCUT2D eigenvalue weighted by molar-refractivity contribution is 0.406. The van der Waals surface area contributed by atoms with Crippen molar-refractivity contribution in [2.24, 2.45) is 0 Å². The average Bonchev–Trinajstić information content (AvgIpc) is 1.88. The Kier molecular flexibility index (Phi) is 2.10. The van der Waals surface area contributed by atoms with Crippen LogP contribution in [0.25, 0.3) is 0 Å². The zero-order valence-corrected chi connectivity index (χ0v) is 6.02. The molecule has 0 saturated carbocycles. The molecule has 1 aliphatic rings. The van der Waals surface area contributed by atoms with Crippen LogP contribution >= 0.6 is 0 Å². The fourth-order valence-electron chi connectivity index (χ4n) is 1.08. The van der Waals surface area contributed by atoms with Crippen LogP contribution in [0.2, 0.25) is 0 Å². The summed E-state index contributed by atoms with van der Waals surface area (Å²) in [5, 5.41) is 9.10. The molecule has 1 nitrogen and oxygen atoms in total. The van der Waals surface area contributed by atoms with Gasteiger partial charge in [0.15, 0.2) is 0 Å². The van der Waals surface area contributed by atoms with Crippen LogP contribution in [-0.4, -0.2) is 5.11 Å². The van der Waals surface area contributed by atoms with Gasteiger partial charge in [-0.2, -0.15) is 0 Å². The minimum Gasteiger partial charge on any atom is -0.508 e. The molecule has 1 aliphatic carbocycles. The number of hydrogen-bond acceptors (Lipinski definition) is 1. The van der Waals surface area contributed by atoms with Crippen molar-refractivity contribution < 1.29 is 9.50 Å². The van der Waals surface area contributed by atoms with E-state index < -0.39 is 0 Å². The molecule has 0 radical (unpaired) electrons. The third-order valence-electron chi connectivity index (χ3n) is 1.75. The summed E-state index contributed by atoms with van der Waals surface area (Å²) in [6.07, 6.45) is 3.15. The maximum atomic E-state index is 12.4. The van der Waals surface area contributed by atoms with Gasteiger partial charge in [-0.05, 0) is 18.4 Å². The molecule has 10 heavy (non-hydrogen) atoms. The minimum atomic E-state index is -0.213. The van der Waals surface area contributed by atoms with Gasteiger partial charge in [-0.1, -0.05) is 6.92 Å². The van der Waals surface area contributed by atoms with Crippen molar-refractivity contribution >= 4 is 0 Å². The molecule has 0 heterocycles. The van der Waals surface area contributed by atoms with E-state index in [1.165, 1.54) is 6.08 Å². The summed E-state index contributed by atoms with van der Waals surface area (Å²) in [6.45, 7) is 1.96. The third-order valence-corrected chi connectivity index (χ3v) is 1.75. The molecule has 1 rings (SSSR count). The normalized spacial score (nSPS) is 19.2. The molecule has 0 aliphatic heterocycles. The first-order valence-electron chi connectivity index (χ1n) is 3.51. The quantitative estimate of drug-likeness (QED) is 0.596. The van der Waals surface area contributed by atoms with Crippen LogP contribution in [0.5, 0.6) is 0 Å². The Balaban J connectivity index is 2.80. The molecule has 0 aromatic carbocycles. The highest BCUT2D eigenvalue weighted by Crippen LogP contribution is 2.24. The van der Waals surface area contributed by atoms with E-state index in [0.29, 0.717) is 12.8 Å². The van der Waals surface area contributed by atoms with Crippen molar-refractivity contribution in [1.82, 2.24) is 0 Å². The fourth-order valence-corrected chi connectivity index (χ4v) is 1.08. The number of aliphatic hydroxyl groups excluding tert-OH is 1. The molecule has 0 aromatic rings. The highest BCUT2D eigenvalue weighted by Gasteiger charge is 2.09. The topological polar surface area (TPSA) is 20.2 Å². The van der Waals surface area contributed by atoms with Crippen LogP contribution in [0, 0.1) is 0 Å². The van der Waals surface area contributed by atoms with Gasteiger partial charge < -0.3 is 5.11 Å². The second-order valence-electron chi connectivity index (χ2n) is 2.43. The monoisotopic (exact) mass is 142 g/mol. The molecule has 0 bridgehead atoms. The first kappa shape index (κ1) is 7.32. The molecular formula is C8H11FO. The van der Waals surface area contributed by atoms with Crippen molar-refractivity contribution in [3.05, 3.63) is 23.2 Å². The van der Waals surface area contributed by atoms with Crippen LogP contribution in [0.4, 0.5) is 4.39 Å². The smallest absolute Gasteiger partial charge is 0.117 e. The molecule has 2 heteroatoms. The van der Waals surface area contributed by atoms with E-state index in [1.54, 1.807) is 0 Å². The number of halogens is 1. The number of hydrogen-bond donors (Lipinski definition) is 1. The Morgan fingerprint density at radius 1 is 1.60 bits per heavy atom. The van der Waals surface area contributed by atoms with E-state index >= 15 is 0 Å². The van der Waals surface area contributed by atoms with E-state index in [4.69, 9.17) is 5.11 Å². The van der Waals surface area contributed by atoms with Gasteiger partial charge in [0.1, 0.15) is 11.6 Å². The van der Waals surface area contributed by atoms with Crippen LogP contribution in [0.1, 0.15) is 26.2 Å². The van der Waals surface area contributed by atoms with Crippen LogP contribution < -0.4 is 0 Å². The first-order chi connectivity index (χ1) is 4.74. The Labute approximate surface area is 59.9 Å². The summed E-state index contributed by atoms with van der Waals surface area (Å²) in [5.41, 5.74) is 0.960. The standard InChI is InChI=1S/C8H11FO/c1-2-6-3-4-7(9)5-8(6)10/h5,10H,2-4H2,1H3. The summed E-state index contributed by atoms with van der Waals surface area (Å²) in [6, 6.07) is 0. The lowest BCUT2D eigenvalue weighted by atomic mass is 10.0. The first-order valence-corrected chi connectivity index (χ1v) is 3.51. The van der Waals surface area contributed by atoms with Crippen molar-refractivity contribution in [3.63, 3.8) is 0 Å². The van der Waals surface area contributed by atoms with Gasteiger partial charge in [-0.15, -0.1) is 0 Å². The third kappa shape index (κ3) is 1.38. The van der Waals surface area contributed by atoms with E-state index in [9.17, 15) is 4.39 Å². The molecule has 0 saturated heterocycles. The zero-order valence-electron chi connectivity index (χ0n) is 6.02. The van der Waals surface area contributed by atoms with Gasteiger partial charge in [0.25, 0.3) is 0 Å². The van der Waals surface area contributed by atoms with Crippen LogP contribution in [-0.2, 0) is 0 Å². The van der Waals surface area contributed by atoms with Gasteiger partial charge in [-0.3, -0.25) is 0 Å². The average molecular weight is 142 g/mol. The Bertz CT molecular complexity index is 191. The second kappa shape index (κ2) is 2.86. The van der Waals surface area contributed by atoms with Gasteiger partial charge >= 0.3 is 0 Å². The summed E-state index contributed by atoms with van der Waals surface area (Å²) < 4.78 is 12.4. The van der Waals surface area contributed by atoms with Gasteiger partial charge in [0.05, 0.1) is 0 Å². The van der Waals surface area contributed by atoms with E-state index in [-0.39, 0.29) is 11.6 Å². The summed E-state index contributed by atoms with van der Waals surface area (Å²) in [7, 11) is 0. The molecule has 1 N–H and O–H groups in total. The highest BCUT2D eigenvalue weighted by molar-refractivity contribution is 5.25. The van der Waals surface area contributed by atoms with E-state index in [1.807, 2.05) is 6.92 Å². The lowest BCUT2D eigenvalue weighted by Gasteiger charge is -2.10. The van der Waals surface area contributed by atoms with Crippen LogP contribution in [0.15, 0.2) is 23.2 Å². The van der Waals surface area contributed by atoms with Crippen molar-refractivity contribution in [3.8, 4) is 0 Å². The maximum absolute atomic E-state index is 12.4. The maximum Gasteiger partial charge on any atom is 0.117 e. The second-order valence-corrected chi connectivity index (χ2v) is 2.43.